The van der Waals surface area contributed by atoms with E-state index in [2.05, 4.69) is 18.8 Å². The predicted octanol–water partition coefficient (Wildman–Crippen LogP) is 5.28. The Morgan fingerprint density at radius 2 is 1.43 bits per heavy atom. The summed E-state index contributed by atoms with van der Waals surface area (Å²) in [5.74, 6) is 0. The Bertz CT molecular complexity index is 631. The van der Waals surface area contributed by atoms with E-state index in [0.29, 0.717) is 24.7 Å². The zero-order valence-corrected chi connectivity index (χ0v) is 23.4. The molecular weight excluding hydrogens is 489 g/mol. The van der Waals surface area contributed by atoms with Gasteiger partial charge >= 0.3 is 7.60 Å². The molecule has 0 bridgehead atoms. The first kappa shape index (κ1) is 31.2. The summed E-state index contributed by atoms with van der Waals surface area (Å²) in [6, 6.07) is -0.597. The van der Waals surface area contributed by atoms with Gasteiger partial charge in [0.25, 0.3) is 0 Å². The lowest BCUT2D eigenvalue weighted by atomic mass is 9.99. The second-order valence-corrected chi connectivity index (χ2v) is 13.0. The van der Waals surface area contributed by atoms with Crippen molar-refractivity contribution >= 4 is 24.4 Å². The Labute approximate surface area is 216 Å². The summed E-state index contributed by atoms with van der Waals surface area (Å²) in [6.45, 7) is 4.88. The van der Waals surface area contributed by atoms with Crippen LogP contribution >= 0.6 is 19.4 Å². The molecule has 1 saturated heterocycles. The molecule has 10 heteroatoms. The molecule has 0 amide bonds. The minimum absolute atomic E-state index is 0.228. The molecule has 1 fully saturated rings. The molecule has 2 rings (SSSR count). The van der Waals surface area contributed by atoms with Crippen molar-refractivity contribution in [2.75, 3.05) is 26.0 Å². The number of fused-ring (bicyclic) bond motifs is 1. The summed E-state index contributed by atoms with van der Waals surface area (Å²) in [5.41, 5.74) is -0.465. The van der Waals surface area contributed by atoms with Crippen molar-refractivity contribution in [2.45, 2.75) is 127 Å². The van der Waals surface area contributed by atoms with Crippen molar-refractivity contribution < 1.29 is 33.7 Å². The van der Waals surface area contributed by atoms with Gasteiger partial charge in [-0.3, -0.25) is 9.56 Å². The number of ether oxygens (including phenoxy) is 1. The first-order chi connectivity index (χ1) is 16.9. The number of thioether (sulfide) groups is 1. The van der Waals surface area contributed by atoms with E-state index < -0.39 is 37.4 Å². The Balaban J connectivity index is 1.83. The highest BCUT2D eigenvalue weighted by molar-refractivity contribution is 8.14. The zero-order chi connectivity index (χ0) is 25.5. The molecule has 0 saturated carbocycles. The van der Waals surface area contributed by atoms with E-state index in [1.165, 1.54) is 63.1 Å². The second kappa shape index (κ2) is 17.5. The van der Waals surface area contributed by atoms with E-state index in [-0.39, 0.29) is 12.8 Å². The molecule has 206 valence electrons. The fourth-order valence-corrected chi connectivity index (χ4v) is 7.34. The Hall–Kier alpha value is 0.01000. The van der Waals surface area contributed by atoms with Gasteiger partial charge < -0.3 is 29.1 Å². The number of hydrogen-bond donors (Lipinski definition) is 3. The molecule has 2 heterocycles. The standard InChI is InChI=1S/C25H48NO7PS/c1-3-5-7-9-11-13-16-31-34(30,32-17-14-12-10-8-6-4-2)18-15-21-26-22-24(29)23(28)20(19-27)33-25(22)35-21/h20,22-25,27-29H,3-19H2,1-2H3/t20-,22-,23-,24-,25-/m1/s1. The smallest absolute Gasteiger partial charge is 0.331 e. The number of nitrogens with zero attached hydrogens (tertiary/aromatic N) is 1. The molecule has 0 aliphatic carbocycles. The van der Waals surface area contributed by atoms with Crippen molar-refractivity contribution in [2.24, 2.45) is 4.99 Å². The Morgan fingerprint density at radius 3 is 1.97 bits per heavy atom. The van der Waals surface area contributed by atoms with Gasteiger partial charge in [0.1, 0.15) is 29.8 Å². The largest absolute Gasteiger partial charge is 0.394 e. The number of rotatable bonds is 20. The van der Waals surface area contributed by atoms with Gasteiger partial charge in [0.15, 0.2) is 0 Å². The predicted molar refractivity (Wildman–Crippen MR) is 142 cm³/mol. The third-order valence-electron chi connectivity index (χ3n) is 6.56. The van der Waals surface area contributed by atoms with Crippen molar-refractivity contribution in [3.05, 3.63) is 0 Å². The molecule has 0 aromatic rings. The summed E-state index contributed by atoms with van der Waals surface area (Å²) in [7, 11) is -3.27. The van der Waals surface area contributed by atoms with E-state index in [1.54, 1.807) is 0 Å². The van der Waals surface area contributed by atoms with Crippen molar-refractivity contribution in [3.8, 4) is 0 Å². The van der Waals surface area contributed by atoms with E-state index in [4.69, 9.17) is 13.8 Å². The molecule has 2 aliphatic heterocycles. The van der Waals surface area contributed by atoms with E-state index >= 15 is 0 Å². The van der Waals surface area contributed by atoms with Gasteiger partial charge in [0, 0.05) is 6.42 Å². The first-order valence-corrected chi connectivity index (χ1v) is 16.3. The van der Waals surface area contributed by atoms with Crippen LogP contribution in [0.1, 0.15) is 97.3 Å². The molecule has 0 spiro atoms. The van der Waals surface area contributed by atoms with Crippen LogP contribution in [0.4, 0.5) is 0 Å². The summed E-state index contributed by atoms with van der Waals surface area (Å²) in [5, 5.41) is 30.6. The maximum atomic E-state index is 13.5. The fraction of sp³-hybridized carbons (Fsp3) is 0.960. The maximum absolute atomic E-state index is 13.5. The summed E-state index contributed by atoms with van der Waals surface area (Å²) < 4.78 is 30.9. The molecule has 0 aromatic heterocycles. The van der Waals surface area contributed by atoms with Gasteiger partial charge in [-0.05, 0) is 12.8 Å². The molecule has 5 atom stereocenters. The van der Waals surface area contributed by atoms with E-state index in [1.807, 2.05) is 0 Å². The molecule has 35 heavy (non-hydrogen) atoms. The van der Waals surface area contributed by atoms with Crippen LogP contribution in [0.5, 0.6) is 0 Å². The molecule has 3 N–H and O–H groups in total. The van der Waals surface area contributed by atoms with Crippen LogP contribution in [0.2, 0.25) is 0 Å². The van der Waals surface area contributed by atoms with Gasteiger partial charge in [0.05, 0.1) is 31.0 Å². The van der Waals surface area contributed by atoms with Crippen molar-refractivity contribution in [3.63, 3.8) is 0 Å². The quantitative estimate of drug-likeness (QED) is 0.142. The molecule has 2 aliphatic rings. The fourth-order valence-electron chi connectivity index (χ4n) is 4.33. The Kier molecular flexibility index (Phi) is 15.6. The molecule has 0 radical (unpaired) electrons. The maximum Gasteiger partial charge on any atom is 0.331 e. The van der Waals surface area contributed by atoms with Crippen LogP contribution in [0.3, 0.4) is 0 Å². The lowest BCUT2D eigenvalue weighted by Crippen LogP contribution is -2.55. The summed E-state index contributed by atoms with van der Waals surface area (Å²) in [4.78, 5) is 4.52. The number of hydrogen-bond acceptors (Lipinski definition) is 9. The number of aliphatic hydroxyl groups is 3. The summed E-state index contributed by atoms with van der Waals surface area (Å²) >= 11 is 1.35. The van der Waals surface area contributed by atoms with E-state index in [0.717, 1.165) is 25.7 Å². The van der Waals surface area contributed by atoms with Crippen LogP contribution in [0.25, 0.3) is 0 Å². The summed E-state index contributed by atoms with van der Waals surface area (Å²) in [6.07, 6.45) is 11.1. The monoisotopic (exact) mass is 537 g/mol. The first-order valence-electron chi connectivity index (χ1n) is 13.7. The highest BCUT2D eigenvalue weighted by Gasteiger charge is 2.47. The van der Waals surface area contributed by atoms with Gasteiger partial charge in [-0.15, -0.1) is 0 Å². The van der Waals surface area contributed by atoms with Crippen molar-refractivity contribution in [1.82, 2.24) is 0 Å². The number of aliphatic imine (C=N–C) groups is 1. The van der Waals surface area contributed by atoms with Crippen LogP contribution in [0.15, 0.2) is 4.99 Å². The zero-order valence-electron chi connectivity index (χ0n) is 21.7. The topological polar surface area (TPSA) is 118 Å². The minimum Gasteiger partial charge on any atom is -0.394 e. The molecule has 0 aromatic carbocycles. The second-order valence-electron chi connectivity index (χ2n) is 9.62. The van der Waals surface area contributed by atoms with Gasteiger partial charge in [-0.25, -0.2) is 0 Å². The minimum atomic E-state index is -3.27. The number of aliphatic hydroxyl groups excluding tert-OH is 3. The average Bonchev–Trinajstić information content (AvgIpc) is 3.27. The lowest BCUT2D eigenvalue weighted by Gasteiger charge is -2.37. The van der Waals surface area contributed by atoms with Crippen LogP contribution < -0.4 is 0 Å². The Morgan fingerprint density at radius 1 is 0.886 bits per heavy atom. The highest BCUT2D eigenvalue weighted by atomic mass is 32.2. The third-order valence-corrected chi connectivity index (χ3v) is 9.69. The SMILES string of the molecule is CCCCCCCCOP(=O)(CCC1=N[C@@H]2[C@@H](O)[C@H](O)[C@@H](CO)O[C@@H]2S1)OCCCCCCCC. The third kappa shape index (κ3) is 11.1. The van der Waals surface area contributed by atoms with Gasteiger partial charge in [0.2, 0.25) is 0 Å². The van der Waals surface area contributed by atoms with Gasteiger partial charge in [-0.2, -0.15) is 0 Å². The number of unbranched alkanes of at least 4 members (excludes halogenated alkanes) is 10. The van der Waals surface area contributed by atoms with E-state index in [9.17, 15) is 19.9 Å². The normalized spacial score (nSPS) is 26.7. The molecular formula is C25H48NO7PS. The highest BCUT2D eigenvalue weighted by Crippen LogP contribution is 2.50. The van der Waals surface area contributed by atoms with Crippen LogP contribution in [-0.4, -0.2) is 76.1 Å². The molecule has 0 unspecified atom stereocenters. The van der Waals surface area contributed by atoms with Crippen LogP contribution in [-0.2, 0) is 18.3 Å². The van der Waals surface area contributed by atoms with Crippen molar-refractivity contribution in [1.29, 1.82) is 0 Å². The average molecular weight is 538 g/mol. The van der Waals surface area contributed by atoms with Crippen LogP contribution in [0, 0.1) is 0 Å². The lowest BCUT2D eigenvalue weighted by molar-refractivity contribution is -0.164. The molecule has 8 nitrogen and oxygen atoms in total. The van der Waals surface area contributed by atoms with Gasteiger partial charge in [-0.1, -0.05) is 89.8 Å².